The zero-order valence-corrected chi connectivity index (χ0v) is 23.8. The van der Waals surface area contributed by atoms with Gasteiger partial charge < -0.3 is 19.4 Å². The minimum Gasteiger partial charge on any atom is -0.375 e. The second-order valence-corrected chi connectivity index (χ2v) is 13.1. The molecule has 1 saturated carbocycles. The van der Waals surface area contributed by atoms with Gasteiger partial charge in [0, 0.05) is 62.5 Å². The summed E-state index contributed by atoms with van der Waals surface area (Å²) in [5.41, 5.74) is 3.04. The maximum atomic E-state index is 6.08. The number of ether oxygens (including phenoxy) is 1. The molecule has 1 spiro atoms. The summed E-state index contributed by atoms with van der Waals surface area (Å²) in [4.78, 5) is 8.46. The molecule has 3 aliphatic heterocycles. The Morgan fingerprint density at radius 2 is 1.53 bits per heavy atom. The van der Waals surface area contributed by atoms with E-state index in [1.807, 2.05) is 0 Å². The van der Waals surface area contributed by atoms with Crippen molar-refractivity contribution >= 4 is 5.69 Å². The molecule has 4 heteroatoms. The lowest BCUT2D eigenvalue weighted by Gasteiger charge is -2.51. The molecular formula is C34H49N3O. The Labute approximate surface area is 231 Å². The molecule has 0 radical (unpaired) electrons. The van der Waals surface area contributed by atoms with Crippen molar-refractivity contribution in [3.05, 3.63) is 66.2 Å². The molecule has 4 aliphatic rings. The first-order chi connectivity index (χ1) is 18.6. The van der Waals surface area contributed by atoms with Crippen LogP contribution in [0.5, 0.6) is 0 Å². The van der Waals surface area contributed by atoms with Crippen molar-refractivity contribution in [3.8, 4) is 0 Å². The Balaban J connectivity index is 1.09. The Morgan fingerprint density at radius 3 is 2.21 bits per heavy atom. The number of hydrogen-bond donors (Lipinski definition) is 0. The molecule has 2 aromatic rings. The maximum Gasteiger partial charge on any atom is 0.0717 e. The van der Waals surface area contributed by atoms with Crippen LogP contribution in [0.1, 0.15) is 57.9 Å². The topological polar surface area (TPSA) is 19.0 Å². The van der Waals surface area contributed by atoms with E-state index in [9.17, 15) is 0 Å². The van der Waals surface area contributed by atoms with E-state index in [0.29, 0.717) is 5.54 Å². The summed E-state index contributed by atoms with van der Waals surface area (Å²) < 4.78 is 6.08. The van der Waals surface area contributed by atoms with Crippen molar-refractivity contribution < 1.29 is 4.74 Å². The van der Waals surface area contributed by atoms with E-state index in [-0.39, 0.29) is 0 Å². The molecule has 0 amide bonds. The van der Waals surface area contributed by atoms with E-state index in [2.05, 4.69) is 89.2 Å². The van der Waals surface area contributed by atoms with Crippen LogP contribution in [0.4, 0.5) is 5.69 Å². The fourth-order valence-electron chi connectivity index (χ4n) is 8.53. The van der Waals surface area contributed by atoms with Crippen LogP contribution in [0.3, 0.4) is 0 Å². The van der Waals surface area contributed by atoms with Gasteiger partial charge in [0.2, 0.25) is 0 Å². The minimum atomic E-state index is 0.317. The van der Waals surface area contributed by atoms with Gasteiger partial charge in [0.1, 0.15) is 0 Å². The standard InChI is InChI=1S/C34H49N3O/c1-27(2)29-13-15-31(16-14-29)36-19-17-34(18-20-36)33-25-35(21-22-38-26-28-9-5-3-6-10-28)23-30(33)24-37(34)32-11-7-4-8-12-32/h3-12,27,29-31,33H,13-26H2,1-2H3/t29?,30-,31?,33-/m1/s1. The van der Waals surface area contributed by atoms with Gasteiger partial charge in [-0.3, -0.25) is 0 Å². The molecule has 1 aliphatic carbocycles. The summed E-state index contributed by atoms with van der Waals surface area (Å²) in [6.45, 7) is 13.7. The summed E-state index contributed by atoms with van der Waals surface area (Å²) in [6, 6.07) is 22.8. The quantitative estimate of drug-likeness (QED) is 0.383. The smallest absolute Gasteiger partial charge is 0.0717 e. The highest BCUT2D eigenvalue weighted by Gasteiger charge is 2.57. The van der Waals surface area contributed by atoms with Crippen LogP contribution in [-0.2, 0) is 11.3 Å². The van der Waals surface area contributed by atoms with Gasteiger partial charge in [-0.15, -0.1) is 0 Å². The number of likely N-dealkylation sites (tertiary alicyclic amines) is 2. The van der Waals surface area contributed by atoms with Crippen molar-refractivity contribution in [2.75, 3.05) is 50.8 Å². The highest BCUT2D eigenvalue weighted by Crippen LogP contribution is 2.51. The average molecular weight is 516 g/mol. The molecule has 3 heterocycles. The van der Waals surface area contributed by atoms with Gasteiger partial charge in [0.25, 0.3) is 0 Å². The molecule has 2 atom stereocenters. The zero-order valence-electron chi connectivity index (χ0n) is 23.8. The SMILES string of the molecule is CC(C)C1CCC(N2CCC3(CC2)[C@@H]2CN(CCOCc4ccccc4)C[C@@H]2CN3c2ccccc2)CC1. The fraction of sp³-hybridized carbons (Fsp3) is 0.647. The summed E-state index contributed by atoms with van der Waals surface area (Å²) in [5.74, 6) is 3.35. The number of anilines is 1. The molecule has 0 aromatic heterocycles. The number of piperidine rings is 1. The highest BCUT2D eigenvalue weighted by atomic mass is 16.5. The Hall–Kier alpha value is -1.88. The first-order valence-corrected chi connectivity index (χ1v) is 15.5. The van der Waals surface area contributed by atoms with Crippen LogP contribution in [-0.4, -0.2) is 67.3 Å². The number of nitrogens with zero attached hydrogens (tertiary/aromatic N) is 3. The normalized spacial score (nSPS) is 29.8. The first kappa shape index (κ1) is 26.3. The summed E-state index contributed by atoms with van der Waals surface area (Å²) in [6.07, 6.45) is 8.36. The van der Waals surface area contributed by atoms with Gasteiger partial charge >= 0.3 is 0 Å². The molecule has 6 rings (SSSR count). The number of fused-ring (bicyclic) bond motifs is 2. The molecule has 4 nitrogen and oxygen atoms in total. The molecule has 38 heavy (non-hydrogen) atoms. The highest BCUT2D eigenvalue weighted by molar-refractivity contribution is 5.52. The van der Waals surface area contributed by atoms with Gasteiger partial charge in [-0.2, -0.15) is 0 Å². The molecule has 3 saturated heterocycles. The minimum absolute atomic E-state index is 0.317. The van der Waals surface area contributed by atoms with Crippen LogP contribution >= 0.6 is 0 Å². The Bertz CT molecular complexity index is 995. The Morgan fingerprint density at radius 1 is 0.842 bits per heavy atom. The lowest BCUT2D eigenvalue weighted by atomic mass is 9.73. The van der Waals surface area contributed by atoms with Gasteiger partial charge in [-0.05, 0) is 74.0 Å². The third-order valence-electron chi connectivity index (χ3n) is 10.8. The predicted molar refractivity (Wildman–Crippen MR) is 157 cm³/mol. The number of para-hydroxylation sites is 1. The number of hydrogen-bond acceptors (Lipinski definition) is 4. The van der Waals surface area contributed by atoms with E-state index in [1.54, 1.807) is 0 Å². The first-order valence-electron chi connectivity index (χ1n) is 15.5. The molecule has 2 aromatic carbocycles. The van der Waals surface area contributed by atoms with Gasteiger partial charge in [0.05, 0.1) is 13.2 Å². The summed E-state index contributed by atoms with van der Waals surface area (Å²) >= 11 is 0. The predicted octanol–water partition coefficient (Wildman–Crippen LogP) is 6.32. The summed E-state index contributed by atoms with van der Waals surface area (Å²) in [7, 11) is 0. The molecule has 0 bridgehead atoms. The lowest BCUT2D eigenvalue weighted by molar-refractivity contribution is 0.0613. The van der Waals surface area contributed by atoms with Crippen LogP contribution < -0.4 is 4.90 Å². The van der Waals surface area contributed by atoms with Crippen molar-refractivity contribution in [3.63, 3.8) is 0 Å². The van der Waals surface area contributed by atoms with Crippen molar-refractivity contribution in [1.82, 2.24) is 9.80 Å². The summed E-state index contributed by atoms with van der Waals surface area (Å²) in [5, 5.41) is 0. The zero-order chi connectivity index (χ0) is 26.0. The second-order valence-electron chi connectivity index (χ2n) is 13.1. The molecular weight excluding hydrogens is 466 g/mol. The fourth-order valence-corrected chi connectivity index (χ4v) is 8.53. The van der Waals surface area contributed by atoms with Crippen molar-refractivity contribution in [1.29, 1.82) is 0 Å². The second kappa shape index (κ2) is 11.7. The number of rotatable bonds is 8. The molecule has 0 N–H and O–H groups in total. The lowest BCUT2D eigenvalue weighted by Crippen LogP contribution is -2.58. The van der Waals surface area contributed by atoms with Crippen LogP contribution in [0.2, 0.25) is 0 Å². The van der Waals surface area contributed by atoms with Gasteiger partial charge in [-0.1, -0.05) is 62.4 Å². The van der Waals surface area contributed by atoms with Crippen LogP contribution in [0, 0.1) is 23.7 Å². The van der Waals surface area contributed by atoms with Crippen molar-refractivity contribution in [2.24, 2.45) is 23.7 Å². The molecule has 0 unspecified atom stereocenters. The van der Waals surface area contributed by atoms with Crippen molar-refractivity contribution in [2.45, 2.75) is 70.6 Å². The van der Waals surface area contributed by atoms with E-state index in [1.165, 1.54) is 82.5 Å². The van der Waals surface area contributed by atoms with Crippen LogP contribution in [0.15, 0.2) is 60.7 Å². The van der Waals surface area contributed by atoms with E-state index in [4.69, 9.17) is 4.74 Å². The van der Waals surface area contributed by atoms with E-state index >= 15 is 0 Å². The van der Waals surface area contributed by atoms with Gasteiger partial charge in [-0.25, -0.2) is 0 Å². The third kappa shape index (κ3) is 5.42. The largest absolute Gasteiger partial charge is 0.375 e. The van der Waals surface area contributed by atoms with Crippen LogP contribution in [0.25, 0.3) is 0 Å². The third-order valence-corrected chi connectivity index (χ3v) is 10.8. The monoisotopic (exact) mass is 515 g/mol. The number of benzene rings is 2. The molecule has 4 fully saturated rings. The maximum absolute atomic E-state index is 6.08. The molecule has 206 valence electrons. The van der Waals surface area contributed by atoms with E-state index < -0.39 is 0 Å². The van der Waals surface area contributed by atoms with Gasteiger partial charge in [0.15, 0.2) is 0 Å². The van der Waals surface area contributed by atoms with E-state index in [0.717, 1.165) is 49.5 Å². The Kier molecular flexibility index (Phi) is 8.11. The average Bonchev–Trinajstić information content (AvgIpc) is 3.50.